The van der Waals surface area contributed by atoms with Gasteiger partial charge in [-0.3, -0.25) is 0 Å². The molecule has 4 N–H and O–H groups in total. The van der Waals surface area contributed by atoms with Crippen LogP contribution in [0.5, 0.6) is 17.2 Å². The van der Waals surface area contributed by atoms with Crippen molar-refractivity contribution in [2.45, 2.75) is 19.8 Å². The van der Waals surface area contributed by atoms with Crippen molar-refractivity contribution in [3.63, 3.8) is 0 Å². The van der Waals surface area contributed by atoms with Crippen molar-refractivity contribution >= 4 is 11.8 Å². The summed E-state index contributed by atoms with van der Waals surface area (Å²) < 4.78 is 11.3. The fourth-order valence-electron chi connectivity index (χ4n) is 2.23. The van der Waals surface area contributed by atoms with Gasteiger partial charge in [-0.15, -0.1) is 6.42 Å². The van der Waals surface area contributed by atoms with E-state index >= 15 is 0 Å². The van der Waals surface area contributed by atoms with Crippen LogP contribution in [0.2, 0.25) is 0 Å². The van der Waals surface area contributed by atoms with Crippen LogP contribution < -0.4 is 20.5 Å². The Kier molecular flexibility index (Phi) is 6.03. The van der Waals surface area contributed by atoms with Gasteiger partial charge in [-0.25, -0.2) is 4.98 Å². The molecule has 0 amide bonds. The molecule has 1 aromatic heterocycles. The first-order valence-electron chi connectivity index (χ1n) is 7.83. The van der Waals surface area contributed by atoms with Crippen LogP contribution in [0.15, 0.2) is 18.3 Å². The van der Waals surface area contributed by atoms with E-state index in [4.69, 9.17) is 26.7 Å². The van der Waals surface area contributed by atoms with Crippen molar-refractivity contribution < 1.29 is 14.6 Å². The quantitative estimate of drug-likeness (QED) is 0.664. The van der Waals surface area contributed by atoms with Crippen molar-refractivity contribution in [2.24, 2.45) is 0 Å². The number of methoxy groups -OCH3 is 1. The number of nitrogens with two attached hydrogens (primary N) is 1. The minimum Gasteiger partial charge on any atom is -0.495 e. The molecule has 1 aromatic carbocycles. The van der Waals surface area contributed by atoms with Gasteiger partial charge in [-0.2, -0.15) is 4.98 Å². The Morgan fingerprint density at radius 1 is 1.32 bits per heavy atom. The van der Waals surface area contributed by atoms with E-state index in [1.54, 1.807) is 13.2 Å². The van der Waals surface area contributed by atoms with E-state index in [2.05, 4.69) is 21.2 Å². The fraction of sp³-hybridized carbons (Fsp3) is 0.333. The van der Waals surface area contributed by atoms with Crippen molar-refractivity contribution in [2.75, 3.05) is 31.3 Å². The maximum atomic E-state index is 8.82. The minimum absolute atomic E-state index is 0.0278. The molecule has 0 saturated carbocycles. The Hall–Kier alpha value is -2.98. The first-order valence-corrected chi connectivity index (χ1v) is 7.83. The zero-order chi connectivity index (χ0) is 18.4. The third kappa shape index (κ3) is 4.31. The molecule has 2 rings (SSSR count). The molecule has 0 aliphatic carbocycles. The summed E-state index contributed by atoms with van der Waals surface area (Å²) in [5.74, 6) is 4.79. The fourth-order valence-corrected chi connectivity index (χ4v) is 2.23. The summed E-state index contributed by atoms with van der Waals surface area (Å²) in [5, 5.41) is 11.7. The number of terminal acetylenes is 1. The Morgan fingerprint density at radius 3 is 2.64 bits per heavy atom. The van der Waals surface area contributed by atoms with E-state index in [0.29, 0.717) is 35.3 Å². The van der Waals surface area contributed by atoms with Crippen molar-refractivity contribution in [3.05, 3.63) is 29.5 Å². The van der Waals surface area contributed by atoms with Gasteiger partial charge < -0.3 is 25.6 Å². The summed E-state index contributed by atoms with van der Waals surface area (Å²) in [7, 11) is 1.57. The molecule has 0 unspecified atom stereocenters. The standard InChI is InChI=1S/C18H22N4O3/c1-5-12-8-15(13(11(2)3)9-14(12)24-4)25-16-10-21-18(20-6-7-23)22-17(16)19/h1,8-11,23H,6-7H2,2-4H3,(H3,19,20,21,22). The normalized spacial score (nSPS) is 10.4. The largest absolute Gasteiger partial charge is 0.495 e. The number of aliphatic hydroxyl groups excluding tert-OH is 1. The van der Waals surface area contributed by atoms with Crippen LogP contribution in [0.25, 0.3) is 0 Å². The van der Waals surface area contributed by atoms with E-state index < -0.39 is 0 Å². The van der Waals surface area contributed by atoms with Gasteiger partial charge in [0.2, 0.25) is 5.95 Å². The summed E-state index contributed by atoms with van der Waals surface area (Å²) in [4.78, 5) is 8.23. The van der Waals surface area contributed by atoms with Gasteiger partial charge in [0.05, 0.1) is 25.5 Å². The second-order valence-corrected chi connectivity index (χ2v) is 5.58. The summed E-state index contributed by atoms with van der Waals surface area (Å²) >= 11 is 0. The van der Waals surface area contributed by atoms with E-state index in [0.717, 1.165) is 5.56 Å². The number of rotatable bonds is 7. The number of hydrogen-bond donors (Lipinski definition) is 3. The summed E-state index contributed by atoms with van der Waals surface area (Å²) in [5.41, 5.74) is 7.46. The summed E-state index contributed by atoms with van der Waals surface area (Å²) in [6.07, 6.45) is 7.03. The first kappa shape index (κ1) is 18.4. The number of ether oxygens (including phenoxy) is 2. The maximum absolute atomic E-state index is 8.82. The highest BCUT2D eigenvalue weighted by Gasteiger charge is 2.16. The molecule has 0 aliphatic rings. The highest BCUT2D eigenvalue weighted by Crippen LogP contribution is 2.37. The predicted molar refractivity (Wildman–Crippen MR) is 97.1 cm³/mol. The lowest BCUT2D eigenvalue weighted by Gasteiger charge is -2.17. The van der Waals surface area contributed by atoms with Crippen LogP contribution in [0.4, 0.5) is 11.8 Å². The second kappa shape index (κ2) is 8.22. The third-order valence-corrected chi connectivity index (χ3v) is 3.51. The van der Waals surface area contributed by atoms with Crippen LogP contribution in [0.1, 0.15) is 30.9 Å². The van der Waals surface area contributed by atoms with Gasteiger partial charge in [0.25, 0.3) is 0 Å². The summed E-state index contributed by atoms with van der Waals surface area (Å²) in [6.45, 7) is 4.39. The first-order chi connectivity index (χ1) is 12.0. The Morgan fingerprint density at radius 2 is 2.08 bits per heavy atom. The van der Waals surface area contributed by atoms with E-state index in [-0.39, 0.29) is 18.3 Å². The number of nitrogens with one attached hydrogen (secondary N) is 1. The van der Waals surface area contributed by atoms with Crippen molar-refractivity contribution in [1.82, 2.24) is 9.97 Å². The molecule has 0 atom stereocenters. The number of anilines is 2. The third-order valence-electron chi connectivity index (χ3n) is 3.51. The van der Waals surface area contributed by atoms with E-state index in [9.17, 15) is 0 Å². The summed E-state index contributed by atoms with van der Waals surface area (Å²) in [6, 6.07) is 3.61. The average Bonchev–Trinajstić information content (AvgIpc) is 2.61. The van der Waals surface area contributed by atoms with E-state index in [1.165, 1.54) is 6.20 Å². The van der Waals surface area contributed by atoms with Crippen LogP contribution in [0, 0.1) is 12.3 Å². The van der Waals surface area contributed by atoms with E-state index in [1.807, 2.05) is 19.9 Å². The molecular weight excluding hydrogens is 320 g/mol. The second-order valence-electron chi connectivity index (χ2n) is 5.58. The van der Waals surface area contributed by atoms with Gasteiger partial charge in [-0.1, -0.05) is 19.8 Å². The van der Waals surface area contributed by atoms with Gasteiger partial charge in [0.15, 0.2) is 11.6 Å². The molecule has 0 radical (unpaired) electrons. The van der Waals surface area contributed by atoms with Gasteiger partial charge in [0.1, 0.15) is 11.5 Å². The van der Waals surface area contributed by atoms with Crippen LogP contribution in [-0.4, -0.2) is 35.3 Å². The number of benzene rings is 1. The van der Waals surface area contributed by atoms with Crippen molar-refractivity contribution in [3.8, 4) is 29.6 Å². The number of aromatic nitrogens is 2. The zero-order valence-corrected chi connectivity index (χ0v) is 14.5. The van der Waals surface area contributed by atoms with Crippen molar-refractivity contribution in [1.29, 1.82) is 0 Å². The molecule has 2 aromatic rings. The SMILES string of the molecule is C#Cc1cc(Oc2cnc(NCCO)nc2N)c(C(C)C)cc1OC. The molecule has 7 heteroatoms. The number of aliphatic hydroxyl groups is 1. The lowest BCUT2D eigenvalue weighted by molar-refractivity contribution is 0.311. The predicted octanol–water partition coefficient (Wildman–Crippen LogP) is 2.37. The maximum Gasteiger partial charge on any atom is 0.224 e. The van der Waals surface area contributed by atoms with Gasteiger partial charge in [0, 0.05) is 18.2 Å². The molecule has 0 saturated heterocycles. The lowest BCUT2D eigenvalue weighted by atomic mass is 9.99. The highest BCUT2D eigenvalue weighted by atomic mass is 16.5. The number of nitrogens with zero attached hydrogens (tertiary/aromatic N) is 2. The molecule has 0 spiro atoms. The molecule has 132 valence electrons. The Balaban J connectivity index is 2.37. The Bertz CT molecular complexity index is 785. The topological polar surface area (TPSA) is 103 Å². The smallest absolute Gasteiger partial charge is 0.224 e. The molecular formula is C18H22N4O3. The molecule has 0 aliphatic heterocycles. The lowest BCUT2D eigenvalue weighted by Crippen LogP contribution is -2.10. The molecule has 0 fully saturated rings. The molecule has 0 bridgehead atoms. The highest BCUT2D eigenvalue weighted by molar-refractivity contribution is 5.57. The molecule has 7 nitrogen and oxygen atoms in total. The average molecular weight is 342 g/mol. The monoisotopic (exact) mass is 342 g/mol. The zero-order valence-electron chi connectivity index (χ0n) is 14.5. The minimum atomic E-state index is -0.0278. The molecule has 25 heavy (non-hydrogen) atoms. The van der Waals surface area contributed by atoms with Gasteiger partial charge >= 0.3 is 0 Å². The van der Waals surface area contributed by atoms with Crippen LogP contribution in [0.3, 0.4) is 0 Å². The number of nitrogen functional groups attached to an aromatic ring is 1. The van der Waals surface area contributed by atoms with Gasteiger partial charge in [-0.05, 0) is 12.0 Å². The molecule has 1 heterocycles. The van der Waals surface area contributed by atoms with Crippen LogP contribution >= 0.6 is 0 Å². The van der Waals surface area contributed by atoms with Crippen LogP contribution in [-0.2, 0) is 0 Å². The number of hydrogen-bond acceptors (Lipinski definition) is 7. The Labute approximate surface area is 147 Å².